The molecule has 0 aliphatic carbocycles. The maximum atomic E-state index is 5.64. The molecule has 4 nitrogen and oxygen atoms in total. The predicted octanol–water partition coefficient (Wildman–Crippen LogP) is 1.76. The molecule has 2 N–H and O–H groups in total. The molecule has 0 fully saturated rings. The maximum absolute atomic E-state index is 5.64. The van der Waals surface area contributed by atoms with E-state index in [-0.39, 0.29) is 0 Å². The van der Waals surface area contributed by atoms with Gasteiger partial charge in [0.1, 0.15) is 0 Å². The highest BCUT2D eigenvalue weighted by Gasteiger charge is 2.01. The van der Waals surface area contributed by atoms with Crippen LogP contribution in [0.3, 0.4) is 0 Å². The summed E-state index contributed by atoms with van der Waals surface area (Å²) in [6.45, 7) is 3.43. The van der Waals surface area contributed by atoms with Crippen molar-refractivity contribution < 1.29 is 9.47 Å². The predicted molar refractivity (Wildman–Crippen MR) is 72.5 cm³/mol. The van der Waals surface area contributed by atoms with E-state index in [1.807, 2.05) is 0 Å². The van der Waals surface area contributed by atoms with Crippen LogP contribution in [0.25, 0.3) is 10.9 Å². The summed E-state index contributed by atoms with van der Waals surface area (Å²) in [5.74, 6) is 0. The van der Waals surface area contributed by atoms with Crippen LogP contribution in [-0.4, -0.2) is 31.5 Å². The number of hydrogen-bond acceptors (Lipinski definition) is 3. The quantitative estimate of drug-likeness (QED) is 0.760. The minimum absolute atomic E-state index is 0.585. The number of nitrogens with two attached hydrogens (primary N) is 1. The summed E-state index contributed by atoms with van der Waals surface area (Å²) in [7, 11) is 1.68. The SMILES string of the molecule is COCCOCCn1ccc2cc(CN)ccc21. The smallest absolute Gasteiger partial charge is 0.0701 e. The van der Waals surface area contributed by atoms with E-state index in [1.54, 1.807) is 7.11 Å². The van der Waals surface area contributed by atoms with Gasteiger partial charge in [-0.2, -0.15) is 0 Å². The van der Waals surface area contributed by atoms with Crippen molar-refractivity contribution in [3.8, 4) is 0 Å². The van der Waals surface area contributed by atoms with Gasteiger partial charge in [0, 0.05) is 31.9 Å². The minimum Gasteiger partial charge on any atom is -0.382 e. The number of ether oxygens (including phenoxy) is 2. The van der Waals surface area contributed by atoms with Crippen molar-refractivity contribution in [3.63, 3.8) is 0 Å². The molecular weight excluding hydrogens is 228 g/mol. The molecule has 2 rings (SSSR count). The van der Waals surface area contributed by atoms with Crippen molar-refractivity contribution in [2.24, 2.45) is 5.73 Å². The molecule has 0 amide bonds. The van der Waals surface area contributed by atoms with E-state index in [0.29, 0.717) is 26.4 Å². The highest BCUT2D eigenvalue weighted by Crippen LogP contribution is 2.17. The number of aromatic nitrogens is 1. The minimum atomic E-state index is 0.585. The number of nitrogens with zero attached hydrogens (tertiary/aromatic N) is 1. The molecule has 1 heterocycles. The van der Waals surface area contributed by atoms with Gasteiger partial charge in [-0.05, 0) is 29.1 Å². The molecule has 0 bridgehead atoms. The summed E-state index contributed by atoms with van der Waals surface area (Å²) in [4.78, 5) is 0. The largest absolute Gasteiger partial charge is 0.382 e. The average molecular weight is 248 g/mol. The van der Waals surface area contributed by atoms with Crippen LogP contribution >= 0.6 is 0 Å². The van der Waals surface area contributed by atoms with Gasteiger partial charge in [0.05, 0.1) is 19.8 Å². The second-order valence-electron chi connectivity index (χ2n) is 4.21. The monoisotopic (exact) mass is 248 g/mol. The van der Waals surface area contributed by atoms with Crippen molar-refractivity contribution in [1.82, 2.24) is 4.57 Å². The van der Waals surface area contributed by atoms with Crippen molar-refractivity contribution >= 4 is 10.9 Å². The highest BCUT2D eigenvalue weighted by atomic mass is 16.5. The van der Waals surface area contributed by atoms with Gasteiger partial charge in [-0.1, -0.05) is 6.07 Å². The Morgan fingerprint density at radius 3 is 2.83 bits per heavy atom. The molecule has 0 aliphatic heterocycles. The maximum Gasteiger partial charge on any atom is 0.0701 e. The topological polar surface area (TPSA) is 49.4 Å². The second kappa shape index (κ2) is 6.54. The zero-order valence-electron chi connectivity index (χ0n) is 10.8. The third kappa shape index (κ3) is 3.10. The van der Waals surface area contributed by atoms with Crippen LogP contribution in [0.15, 0.2) is 30.5 Å². The zero-order chi connectivity index (χ0) is 12.8. The summed E-state index contributed by atoms with van der Waals surface area (Å²) < 4.78 is 12.6. The fourth-order valence-corrected chi connectivity index (χ4v) is 1.98. The number of rotatable bonds is 7. The van der Waals surface area contributed by atoms with Gasteiger partial charge in [-0.3, -0.25) is 0 Å². The lowest BCUT2D eigenvalue weighted by Gasteiger charge is -2.07. The van der Waals surface area contributed by atoms with E-state index < -0.39 is 0 Å². The highest BCUT2D eigenvalue weighted by molar-refractivity contribution is 5.80. The molecule has 0 aliphatic rings. The Balaban J connectivity index is 1.97. The fourth-order valence-electron chi connectivity index (χ4n) is 1.98. The van der Waals surface area contributed by atoms with E-state index in [4.69, 9.17) is 15.2 Å². The van der Waals surface area contributed by atoms with Crippen molar-refractivity contribution in [2.75, 3.05) is 26.9 Å². The summed E-state index contributed by atoms with van der Waals surface area (Å²) >= 11 is 0. The standard InChI is InChI=1S/C14H20N2O2/c1-17-8-9-18-7-6-16-5-4-13-10-12(11-15)2-3-14(13)16/h2-5,10H,6-9,11,15H2,1H3. The molecular formula is C14H20N2O2. The van der Waals surface area contributed by atoms with Crippen molar-refractivity contribution in [1.29, 1.82) is 0 Å². The summed E-state index contributed by atoms with van der Waals surface area (Å²) in [6, 6.07) is 8.44. The molecule has 1 aromatic heterocycles. The Hall–Kier alpha value is -1.36. The van der Waals surface area contributed by atoms with Gasteiger partial charge in [-0.25, -0.2) is 0 Å². The lowest BCUT2D eigenvalue weighted by atomic mass is 10.1. The van der Waals surface area contributed by atoms with Gasteiger partial charge < -0.3 is 19.8 Å². The van der Waals surface area contributed by atoms with Gasteiger partial charge >= 0.3 is 0 Å². The third-order valence-electron chi connectivity index (χ3n) is 2.98. The van der Waals surface area contributed by atoms with E-state index >= 15 is 0 Å². The summed E-state index contributed by atoms with van der Waals surface area (Å²) in [5.41, 5.74) is 8.02. The molecule has 0 unspecified atom stereocenters. The number of benzene rings is 1. The first-order valence-electron chi connectivity index (χ1n) is 6.19. The molecule has 0 spiro atoms. The van der Waals surface area contributed by atoms with Gasteiger partial charge in [0.25, 0.3) is 0 Å². The van der Waals surface area contributed by atoms with Crippen LogP contribution in [-0.2, 0) is 22.6 Å². The molecule has 1 aromatic carbocycles. The van der Waals surface area contributed by atoms with E-state index in [1.165, 1.54) is 10.9 Å². The third-order valence-corrected chi connectivity index (χ3v) is 2.98. The Bertz CT molecular complexity index is 493. The molecule has 0 saturated carbocycles. The first-order valence-corrected chi connectivity index (χ1v) is 6.19. The Kier molecular flexibility index (Phi) is 4.75. The molecule has 18 heavy (non-hydrogen) atoms. The Morgan fingerprint density at radius 1 is 1.17 bits per heavy atom. The van der Waals surface area contributed by atoms with Crippen molar-refractivity contribution in [2.45, 2.75) is 13.1 Å². The summed E-state index contributed by atoms with van der Waals surface area (Å²) in [6.07, 6.45) is 2.09. The normalized spacial score (nSPS) is 11.2. The fraction of sp³-hybridized carbons (Fsp3) is 0.429. The molecule has 0 saturated heterocycles. The molecule has 4 heteroatoms. The van der Waals surface area contributed by atoms with Gasteiger partial charge in [0.2, 0.25) is 0 Å². The lowest BCUT2D eigenvalue weighted by molar-refractivity contribution is 0.0670. The molecule has 0 radical (unpaired) electrons. The van der Waals surface area contributed by atoms with E-state index in [0.717, 1.165) is 12.1 Å². The summed E-state index contributed by atoms with van der Waals surface area (Å²) in [5, 5.41) is 1.23. The Labute approximate surface area is 107 Å². The zero-order valence-corrected chi connectivity index (χ0v) is 10.8. The average Bonchev–Trinajstić information content (AvgIpc) is 2.81. The molecule has 98 valence electrons. The number of hydrogen-bond donors (Lipinski definition) is 1. The van der Waals surface area contributed by atoms with Gasteiger partial charge in [0.15, 0.2) is 0 Å². The van der Waals surface area contributed by atoms with Crippen LogP contribution < -0.4 is 5.73 Å². The van der Waals surface area contributed by atoms with Crippen LogP contribution in [0, 0.1) is 0 Å². The number of fused-ring (bicyclic) bond motifs is 1. The van der Waals surface area contributed by atoms with Gasteiger partial charge in [-0.15, -0.1) is 0 Å². The molecule has 2 aromatic rings. The van der Waals surface area contributed by atoms with E-state index in [2.05, 4.69) is 35.0 Å². The van der Waals surface area contributed by atoms with Crippen LogP contribution in [0.4, 0.5) is 0 Å². The Morgan fingerprint density at radius 2 is 2.06 bits per heavy atom. The number of methoxy groups -OCH3 is 1. The van der Waals surface area contributed by atoms with Crippen LogP contribution in [0.1, 0.15) is 5.56 Å². The van der Waals surface area contributed by atoms with Crippen LogP contribution in [0.2, 0.25) is 0 Å². The first-order chi connectivity index (χ1) is 8.85. The van der Waals surface area contributed by atoms with E-state index in [9.17, 15) is 0 Å². The second-order valence-corrected chi connectivity index (χ2v) is 4.21. The van der Waals surface area contributed by atoms with Crippen molar-refractivity contribution in [3.05, 3.63) is 36.0 Å². The molecule has 0 atom stereocenters. The van der Waals surface area contributed by atoms with Crippen LogP contribution in [0.5, 0.6) is 0 Å². The first kappa shape index (κ1) is 13.1. The lowest BCUT2D eigenvalue weighted by Crippen LogP contribution is -2.08.